The Morgan fingerprint density at radius 1 is 1.15 bits per heavy atom. The molecule has 0 heterocycles. The number of hydrogen-bond acceptors (Lipinski definition) is 0. The Labute approximate surface area is 83.0 Å². The van der Waals surface area contributed by atoms with Crippen molar-refractivity contribution in [2.75, 3.05) is 0 Å². The molecule has 0 saturated carbocycles. The van der Waals surface area contributed by atoms with Crippen LogP contribution in [0.2, 0.25) is 0 Å². The van der Waals surface area contributed by atoms with Gasteiger partial charge in [-0.25, -0.2) is 0 Å². The quantitative estimate of drug-likeness (QED) is 0.434. The van der Waals surface area contributed by atoms with Gasteiger partial charge in [-0.3, -0.25) is 0 Å². The summed E-state index contributed by atoms with van der Waals surface area (Å²) in [6, 6.07) is 0. The van der Waals surface area contributed by atoms with Crippen molar-refractivity contribution in [1.82, 2.24) is 0 Å². The van der Waals surface area contributed by atoms with Crippen molar-refractivity contribution in [3.05, 3.63) is 34.9 Å². The molecule has 0 aliphatic rings. The third-order valence-corrected chi connectivity index (χ3v) is 2.59. The first-order valence-electron chi connectivity index (χ1n) is 4.96. The van der Waals surface area contributed by atoms with Crippen molar-refractivity contribution in [2.24, 2.45) is 0 Å². The predicted molar refractivity (Wildman–Crippen MR) is 61.9 cm³/mol. The SMILES string of the molecule is C=C(C)/C(C)=C(/C)CC=C(C)CC. The molecule has 0 rings (SSSR count). The van der Waals surface area contributed by atoms with Crippen LogP contribution in [-0.4, -0.2) is 0 Å². The lowest BCUT2D eigenvalue weighted by molar-refractivity contribution is 1.05. The van der Waals surface area contributed by atoms with Crippen LogP contribution in [0.4, 0.5) is 0 Å². The Morgan fingerprint density at radius 2 is 1.69 bits per heavy atom. The van der Waals surface area contributed by atoms with E-state index >= 15 is 0 Å². The second-order valence-electron chi connectivity index (χ2n) is 3.79. The van der Waals surface area contributed by atoms with E-state index in [1.54, 1.807) is 0 Å². The molecule has 0 fully saturated rings. The third kappa shape index (κ3) is 4.72. The highest BCUT2D eigenvalue weighted by Crippen LogP contribution is 2.16. The number of hydrogen-bond donors (Lipinski definition) is 0. The van der Waals surface area contributed by atoms with E-state index in [4.69, 9.17) is 0 Å². The van der Waals surface area contributed by atoms with Gasteiger partial charge in [-0.05, 0) is 46.1 Å². The van der Waals surface area contributed by atoms with Crippen LogP contribution in [0.5, 0.6) is 0 Å². The van der Waals surface area contributed by atoms with E-state index < -0.39 is 0 Å². The molecular weight excluding hydrogens is 156 g/mol. The molecule has 13 heavy (non-hydrogen) atoms. The standard InChI is InChI=1S/C13H22/c1-7-11(4)8-9-12(5)13(6)10(2)3/h8H,2,7,9H2,1,3-6H3/b11-8?,13-12-. The molecule has 0 aromatic carbocycles. The molecule has 0 amide bonds. The molecule has 0 nitrogen and oxygen atoms in total. The molecule has 0 aromatic rings. The summed E-state index contributed by atoms with van der Waals surface area (Å²) in [6.07, 6.45) is 4.53. The van der Waals surface area contributed by atoms with Gasteiger partial charge in [0.15, 0.2) is 0 Å². The summed E-state index contributed by atoms with van der Waals surface area (Å²) < 4.78 is 0. The minimum absolute atomic E-state index is 1.07. The molecule has 0 aliphatic carbocycles. The zero-order chi connectivity index (χ0) is 10.4. The van der Waals surface area contributed by atoms with E-state index in [1.807, 2.05) is 0 Å². The van der Waals surface area contributed by atoms with Crippen LogP contribution in [-0.2, 0) is 0 Å². The highest BCUT2D eigenvalue weighted by Gasteiger charge is 1.95. The van der Waals surface area contributed by atoms with Gasteiger partial charge < -0.3 is 0 Å². The van der Waals surface area contributed by atoms with Crippen molar-refractivity contribution >= 4 is 0 Å². The lowest BCUT2D eigenvalue weighted by Gasteiger charge is -2.05. The van der Waals surface area contributed by atoms with Gasteiger partial charge in [-0.2, -0.15) is 0 Å². The average Bonchev–Trinajstić information content (AvgIpc) is 2.11. The largest absolute Gasteiger partial charge is 0.0959 e. The van der Waals surface area contributed by atoms with Crippen LogP contribution in [0.25, 0.3) is 0 Å². The topological polar surface area (TPSA) is 0 Å². The average molecular weight is 178 g/mol. The predicted octanol–water partition coefficient (Wildman–Crippen LogP) is 4.65. The molecule has 0 bridgehead atoms. The second kappa shape index (κ2) is 5.80. The number of rotatable bonds is 4. The summed E-state index contributed by atoms with van der Waals surface area (Å²) in [5.41, 5.74) is 5.43. The Morgan fingerprint density at radius 3 is 2.08 bits per heavy atom. The minimum Gasteiger partial charge on any atom is -0.0959 e. The van der Waals surface area contributed by atoms with Crippen molar-refractivity contribution < 1.29 is 0 Å². The highest BCUT2D eigenvalue weighted by molar-refractivity contribution is 5.30. The van der Waals surface area contributed by atoms with E-state index in [0.29, 0.717) is 0 Å². The summed E-state index contributed by atoms with van der Waals surface area (Å²) in [5, 5.41) is 0. The fourth-order valence-corrected chi connectivity index (χ4v) is 0.989. The number of allylic oxidation sites excluding steroid dienone is 5. The monoisotopic (exact) mass is 178 g/mol. The summed E-state index contributed by atoms with van der Waals surface area (Å²) >= 11 is 0. The first-order chi connectivity index (χ1) is 5.99. The fraction of sp³-hybridized carbons (Fsp3) is 0.538. The maximum atomic E-state index is 3.94. The molecule has 0 saturated heterocycles. The molecule has 0 unspecified atom stereocenters. The molecule has 0 aromatic heterocycles. The first kappa shape index (κ1) is 12.2. The van der Waals surface area contributed by atoms with E-state index in [0.717, 1.165) is 12.8 Å². The molecule has 74 valence electrons. The van der Waals surface area contributed by atoms with Crippen molar-refractivity contribution in [3.8, 4) is 0 Å². The summed E-state index contributed by atoms with van der Waals surface area (Å²) in [5.74, 6) is 0. The maximum Gasteiger partial charge on any atom is -0.0133 e. The molecule has 0 spiro atoms. The fourth-order valence-electron chi connectivity index (χ4n) is 0.989. The van der Waals surface area contributed by atoms with E-state index in [1.165, 1.54) is 22.3 Å². The van der Waals surface area contributed by atoms with Gasteiger partial charge in [0, 0.05) is 0 Å². The van der Waals surface area contributed by atoms with Gasteiger partial charge in [-0.1, -0.05) is 36.3 Å². The molecular formula is C13H22. The van der Waals surface area contributed by atoms with E-state index in [-0.39, 0.29) is 0 Å². The maximum absolute atomic E-state index is 3.94. The van der Waals surface area contributed by atoms with E-state index in [9.17, 15) is 0 Å². The van der Waals surface area contributed by atoms with E-state index in [2.05, 4.69) is 47.3 Å². The van der Waals surface area contributed by atoms with Crippen LogP contribution >= 0.6 is 0 Å². The summed E-state index contributed by atoms with van der Waals surface area (Å²) in [6.45, 7) is 14.7. The second-order valence-corrected chi connectivity index (χ2v) is 3.79. The molecule has 0 radical (unpaired) electrons. The van der Waals surface area contributed by atoms with Crippen molar-refractivity contribution in [3.63, 3.8) is 0 Å². The molecule has 0 heteroatoms. The zero-order valence-electron chi connectivity index (χ0n) is 9.70. The van der Waals surface area contributed by atoms with Crippen LogP contribution in [0, 0.1) is 0 Å². The summed E-state index contributed by atoms with van der Waals surface area (Å²) in [4.78, 5) is 0. The van der Waals surface area contributed by atoms with Crippen molar-refractivity contribution in [2.45, 2.75) is 47.5 Å². The lowest BCUT2D eigenvalue weighted by Crippen LogP contribution is -1.85. The smallest absolute Gasteiger partial charge is 0.0133 e. The highest BCUT2D eigenvalue weighted by atomic mass is 14.0. The molecule has 0 atom stereocenters. The van der Waals surface area contributed by atoms with Gasteiger partial charge in [0.25, 0.3) is 0 Å². The van der Waals surface area contributed by atoms with Crippen molar-refractivity contribution in [1.29, 1.82) is 0 Å². The van der Waals surface area contributed by atoms with Crippen LogP contribution in [0.15, 0.2) is 34.9 Å². The Balaban J connectivity index is 4.38. The van der Waals surface area contributed by atoms with Gasteiger partial charge >= 0.3 is 0 Å². The minimum atomic E-state index is 1.07. The van der Waals surface area contributed by atoms with Gasteiger partial charge in [0.1, 0.15) is 0 Å². The van der Waals surface area contributed by atoms with Crippen LogP contribution < -0.4 is 0 Å². The van der Waals surface area contributed by atoms with Gasteiger partial charge in [0.2, 0.25) is 0 Å². The zero-order valence-corrected chi connectivity index (χ0v) is 9.70. The van der Waals surface area contributed by atoms with Crippen LogP contribution in [0.1, 0.15) is 47.5 Å². The normalized spacial score (nSPS) is 14.1. The summed E-state index contributed by atoms with van der Waals surface area (Å²) in [7, 11) is 0. The first-order valence-corrected chi connectivity index (χ1v) is 4.96. The molecule has 0 N–H and O–H groups in total. The molecule has 0 aliphatic heterocycles. The Bertz CT molecular complexity index is 239. The van der Waals surface area contributed by atoms with Gasteiger partial charge in [-0.15, -0.1) is 0 Å². The van der Waals surface area contributed by atoms with Crippen LogP contribution in [0.3, 0.4) is 0 Å². The Kier molecular flexibility index (Phi) is 5.45. The Hall–Kier alpha value is -0.780. The van der Waals surface area contributed by atoms with Gasteiger partial charge in [0.05, 0.1) is 0 Å². The lowest BCUT2D eigenvalue weighted by atomic mass is 10.0. The third-order valence-electron chi connectivity index (χ3n) is 2.59.